The molecule has 15 N–H and O–H groups in total. The number of carbonyl (C=O) groups is 1. The predicted octanol–water partition coefficient (Wildman–Crippen LogP) is -2.54. The van der Waals surface area contributed by atoms with Gasteiger partial charge in [0.1, 0.15) is 104 Å². The molecule has 5 saturated heterocycles. The van der Waals surface area contributed by atoms with Gasteiger partial charge in [0.2, 0.25) is 6.29 Å². The molecule has 0 aromatic carbocycles. The highest BCUT2D eigenvalue weighted by Crippen LogP contribution is 2.76. The van der Waals surface area contributed by atoms with Gasteiger partial charge in [-0.15, -0.1) is 0 Å². The van der Waals surface area contributed by atoms with Crippen LogP contribution < -0.4 is 0 Å². The molecule has 2 unspecified atom stereocenters. The van der Waals surface area contributed by atoms with E-state index in [-0.39, 0.29) is 47.2 Å². The van der Waals surface area contributed by atoms with Crippen LogP contribution in [0, 0.1) is 50.2 Å². The minimum Gasteiger partial charge on any atom is -0.432 e. The van der Waals surface area contributed by atoms with E-state index in [4.69, 9.17) is 47.4 Å². The van der Waals surface area contributed by atoms with Crippen LogP contribution in [0.3, 0.4) is 0 Å². The summed E-state index contributed by atoms with van der Waals surface area (Å²) in [6.45, 7) is 14.3. The molecule has 10 rings (SSSR count). The smallest absolute Gasteiger partial charge is 0.315 e. The Bertz CT molecular complexity index is 2370. The molecule has 85 heavy (non-hydrogen) atoms. The Morgan fingerprint density at radius 3 is 1.76 bits per heavy atom. The lowest BCUT2D eigenvalue weighted by molar-refractivity contribution is -0.365. The molecule has 0 amide bonds. The van der Waals surface area contributed by atoms with Gasteiger partial charge in [0, 0.05) is 5.41 Å². The van der Waals surface area contributed by atoms with Gasteiger partial charge in [-0.05, 0) is 117 Å². The number of rotatable bonds is 13. The maximum atomic E-state index is 15.2. The minimum absolute atomic E-state index is 0.0670. The van der Waals surface area contributed by atoms with Crippen LogP contribution in [0.1, 0.15) is 120 Å². The zero-order chi connectivity index (χ0) is 62.0. The molecule has 0 aromatic rings. The molecule has 488 valence electrons. The molecule has 0 aromatic heterocycles. The Hall–Kier alpha value is -1.75. The average molecular weight is 1220 g/mol. The van der Waals surface area contributed by atoms with Crippen LogP contribution in [0.25, 0.3) is 0 Å². The quantitative estimate of drug-likeness (QED) is 0.0513. The molecule has 33 atom stereocenters. The monoisotopic (exact) mass is 1220 g/mol. The molecule has 5 aliphatic heterocycles. The fourth-order valence-corrected chi connectivity index (χ4v) is 17.5. The summed E-state index contributed by atoms with van der Waals surface area (Å²) in [6.07, 6.45) is -29.6. The van der Waals surface area contributed by atoms with E-state index in [9.17, 15) is 76.6 Å². The molecule has 5 heterocycles. The number of carbonyl (C=O) groups excluding carboxylic acids is 1. The van der Waals surface area contributed by atoms with Crippen LogP contribution in [-0.2, 0) is 52.2 Å². The van der Waals surface area contributed by atoms with Crippen molar-refractivity contribution in [3.05, 3.63) is 11.6 Å². The summed E-state index contributed by atoms with van der Waals surface area (Å²) >= 11 is 0. The number of hydrogen-bond donors (Lipinski definition) is 15. The van der Waals surface area contributed by atoms with Gasteiger partial charge in [0.15, 0.2) is 25.2 Å². The lowest BCUT2D eigenvalue weighted by Crippen LogP contribution is -2.67. The molecule has 0 radical (unpaired) electrons. The summed E-state index contributed by atoms with van der Waals surface area (Å²) in [5, 5.41) is 163. The van der Waals surface area contributed by atoms with E-state index in [0.29, 0.717) is 51.4 Å². The Labute approximate surface area is 494 Å². The summed E-state index contributed by atoms with van der Waals surface area (Å²) in [7, 11) is 0. The molecule has 26 heteroatoms. The molecule has 5 aliphatic carbocycles. The number of aliphatic hydroxyl groups excluding tert-OH is 15. The Morgan fingerprint density at radius 2 is 1.14 bits per heavy atom. The lowest BCUT2D eigenvalue weighted by atomic mass is 9.33. The molecule has 10 aliphatic rings. The van der Waals surface area contributed by atoms with E-state index in [1.165, 1.54) is 19.4 Å². The van der Waals surface area contributed by atoms with Crippen molar-refractivity contribution in [2.24, 2.45) is 50.2 Å². The SMILES string of the molecule is C[C@@H]1O[C@@H](O[C@H]2[C@H](O)[C@@H](O)[C@H](OC[C@H]3O[C@@H](OC(=O)[C@]45CCC(C)(C)C[C@H]4C4=CC[C@@H]6[C@@]7(C)CC[C@H](O[C@@H]8OC[C@H](O)[C@H](O)[C@H]8O[C@@H]8O[C@@H](C)[C@H](O)C(O)[C@H]8O)[C@@](C)(CO)[C@@H]7CC[C@@]6(C)[C@]4(C)CC5)[C@H](O)[C@@H](O)[C@@H]3O)O[C@@H]2CO)[C@H](O)[C@H](O)C1O. The first kappa shape index (κ1) is 66.2. The van der Waals surface area contributed by atoms with Crippen molar-refractivity contribution in [1.82, 2.24) is 0 Å². The summed E-state index contributed by atoms with van der Waals surface area (Å²) in [6, 6.07) is 0. The standard InChI is InChI=1S/C59H96O26/c1-24-34(63)38(67)42(71)49(78-24)83-46-29(20-60)80-48(45(74)41(46)70)77-22-30-37(66)40(69)44(73)51(81-30)85-53(75)59-17-15-54(3,4)19-27(59)26-9-10-32-55(5)13-12-33(56(6,23-61)31(55)11-14-58(32,8)57(26,7)16-18-59)82-52-47(36(65)28(62)21-76-52)84-50-43(72)39(68)35(64)25(2)79-50/h9,24-25,27-52,60-74H,10-23H2,1-8H3/t24-,25-,27-,28-,29+,30+,31+,32+,33-,34?,35-,36-,37+,38+,39?,40-,41+,42+,43+,44+,45+,46+,47+,48+,49-,50-,51-,52-,55-,56-,57+,58+,59-/m0/s1. The fourth-order valence-electron chi connectivity index (χ4n) is 17.5. The molecule has 4 saturated carbocycles. The third-order valence-corrected chi connectivity index (χ3v) is 23.2. The van der Waals surface area contributed by atoms with Crippen molar-refractivity contribution >= 4 is 5.97 Å². The van der Waals surface area contributed by atoms with Crippen molar-refractivity contribution in [2.75, 3.05) is 26.4 Å². The summed E-state index contributed by atoms with van der Waals surface area (Å²) in [4.78, 5) is 15.2. The number of hydrogen-bond acceptors (Lipinski definition) is 26. The highest BCUT2D eigenvalue weighted by molar-refractivity contribution is 5.79. The van der Waals surface area contributed by atoms with Crippen LogP contribution >= 0.6 is 0 Å². The minimum atomic E-state index is -1.90. The van der Waals surface area contributed by atoms with Gasteiger partial charge in [-0.25, -0.2) is 0 Å². The maximum absolute atomic E-state index is 15.2. The first-order valence-corrected chi connectivity index (χ1v) is 30.6. The lowest BCUT2D eigenvalue weighted by Gasteiger charge is -2.71. The van der Waals surface area contributed by atoms with Crippen LogP contribution in [-0.4, -0.2) is 263 Å². The van der Waals surface area contributed by atoms with Gasteiger partial charge in [-0.2, -0.15) is 0 Å². The third kappa shape index (κ3) is 11.1. The van der Waals surface area contributed by atoms with Crippen molar-refractivity contribution in [1.29, 1.82) is 0 Å². The average Bonchev–Trinajstić information content (AvgIpc) is 0.688. The first-order valence-electron chi connectivity index (χ1n) is 30.6. The number of ether oxygens (including phenoxy) is 10. The normalized spacial score (nSPS) is 55.3. The van der Waals surface area contributed by atoms with Crippen LogP contribution in [0.4, 0.5) is 0 Å². The largest absolute Gasteiger partial charge is 0.432 e. The van der Waals surface area contributed by atoms with E-state index in [1.807, 2.05) is 6.92 Å². The van der Waals surface area contributed by atoms with Crippen molar-refractivity contribution < 1.29 is 129 Å². The zero-order valence-electron chi connectivity index (χ0n) is 49.8. The number of fused-ring (bicyclic) bond motifs is 7. The highest BCUT2D eigenvalue weighted by atomic mass is 16.8. The topological polar surface area (TPSA) is 413 Å². The van der Waals surface area contributed by atoms with Crippen LogP contribution in [0.2, 0.25) is 0 Å². The van der Waals surface area contributed by atoms with Gasteiger partial charge < -0.3 is 124 Å². The summed E-state index contributed by atoms with van der Waals surface area (Å²) in [5.41, 5.74) is -1.93. The van der Waals surface area contributed by atoms with E-state index >= 15 is 4.79 Å². The van der Waals surface area contributed by atoms with Gasteiger partial charge in [0.05, 0.1) is 50.2 Å². The molecule has 26 nitrogen and oxygen atoms in total. The number of esters is 1. The van der Waals surface area contributed by atoms with Crippen molar-refractivity contribution in [2.45, 2.75) is 273 Å². The second-order valence-corrected chi connectivity index (χ2v) is 28.5. The van der Waals surface area contributed by atoms with Gasteiger partial charge in [0.25, 0.3) is 0 Å². The second kappa shape index (κ2) is 24.4. The van der Waals surface area contributed by atoms with Crippen LogP contribution in [0.15, 0.2) is 11.6 Å². The maximum Gasteiger partial charge on any atom is 0.315 e. The molecular formula is C59H96O26. The van der Waals surface area contributed by atoms with Gasteiger partial charge in [-0.3, -0.25) is 4.79 Å². The summed E-state index contributed by atoms with van der Waals surface area (Å²) < 4.78 is 59.4. The zero-order valence-corrected chi connectivity index (χ0v) is 49.8. The Morgan fingerprint density at radius 1 is 0.565 bits per heavy atom. The Balaban J connectivity index is 0.833. The molecule has 9 fully saturated rings. The van der Waals surface area contributed by atoms with Crippen molar-refractivity contribution in [3.63, 3.8) is 0 Å². The van der Waals surface area contributed by atoms with Gasteiger partial charge in [-0.1, -0.05) is 53.2 Å². The molecule has 0 bridgehead atoms. The number of aliphatic hydroxyl groups is 15. The number of allylic oxidation sites excluding steroid dienone is 2. The van der Waals surface area contributed by atoms with E-state index in [1.54, 1.807) is 0 Å². The van der Waals surface area contributed by atoms with E-state index in [2.05, 4.69) is 40.7 Å². The van der Waals surface area contributed by atoms with Gasteiger partial charge >= 0.3 is 5.97 Å². The third-order valence-electron chi connectivity index (χ3n) is 23.2. The fraction of sp³-hybridized carbons (Fsp3) is 0.949. The predicted molar refractivity (Wildman–Crippen MR) is 288 cm³/mol. The second-order valence-electron chi connectivity index (χ2n) is 28.5. The summed E-state index contributed by atoms with van der Waals surface area (Å²) in [5.74, 6) is -0.861. The van der Waals surface area contributed by atoms with E-state index in [0.717, 1.165) is 12.8 Å². The molecular weight excluding hydrogens is 1120 g/mol. The van der Waals surface area contributed by atoms with E-state index < -0.39 is 189 Å². The van der Waals surface area contributed by atoms with Crippen molar-refractivity contribution in [3.8, 4) is 0 Å². The first-order chi connectivity index (χ1) is 39.8. The highest BCUT2D eigenvalue weighted by Gasteiger charge is 2.71. The Kier molecular flexibility index (Phi) is 19.0. The van der Waals surface area contributed by atoms with Crippen LogP contribution in [0.5, 0.6) is 0 Å². The molecule has 0 spiro atoms.